The summed E-state index contributed by atoms with van der Waals surface area (Å²) in [4.78, 5) is 11.1. The summed E-state index contributed by atoms with van der Waals surface area (Å²) < 4.78 is 5.07. The third kappa shape index (κ3) is 1.35. The lowest BCUT2D eigenvalue weighted by Crippen LogP contribution is -2.54. The minimum absolute atomic E-state index is 0.368. The first-order valence-corrected chi connectivity index (χ1v) is 5.07. The van der Waals surface area contributed by atoms with Gasteiger partial charge in [-0.3, -0.25) is 4.79 Å². The highest BCUT2D eigenvalue weighted by Crippen LogP contribution is 2.43. The summed E-state index contributed by atoms with van der Waals surface area (Å²) in [7, 11) is 0. The summed E-state index contributed by atoms with van der Waals surface area (Å²) in [6.45, 7) is 0.875. The average Bonchev–Trinajstić information content (AvgIpc) is 2.03. The first-order valence-electron chi connectivity index (χ1n) is 5.07. The quantitative estimate of drug-likeness (QED) is 0.710. The zero-order valence-electron chi connectivity index (χ0n) is 7.79. The van der Waals surface area contributed by atoms with Crippen LogP contribution in [0.2, 0.25) is 0 Å². The fourth-order valence-electron chi connectivity index (χ4n) is 2.51. The van der Waals surface area contributed by atoms with E-state index in [2.05, 4.69) is 0 Å². The van der Waals surface area contributed by atoms with E-state index >= 15 is 0 Å². The molecule has 0 aromatic carbocycles. The highest BCUT2D eigenvalue weighted by molar-refractivity contribution is 5.76. The maximum atomic E-state index is 11.1. The first kappa shape index (κ1) is 9.00. The predicted octanol–water partition coefficient (Wildman–Crippen LogP) is 1.67. The van der Waals surface area contributed by atoms with Crippen molar-refractivity contribution in [2.24, 2.45) is 11.3 Å². The molecule has 0 bridgehead atoms. The van der Waals surface area contributed by atoms with Gasteiger partial charge >= 0.3 is 5.97 Å². The van der Waals surface area contributed by atoms with Crippen molar-refractivity contribution in [2.45, 2.75) is 32.1 Å². The highest BCUT2D eigenvalue weighted by Gasteiger charge is 2.52. The van der Waals surface area contributed by atoms with E-state index in [0.717, 1.165) is 12.8 Å². The molecule has 0 aromatic rings. The van der Waals surface area contributed by atoms with Crippen molar-refractivity contribution >= 4 is 5.97 Å². The molecule has 2 aliphatic rings. The van der Waals surface area contributed by atoms with E-state index in [4.69, 9.17) is 9.84 Å². The maximum Gasteiger partial charge on any atom is 0.314 e. The molecule has 0 amide bonds. The molecule has 2 fully saturated rings. The van der Waals surface area contributed by atoms with Crippen LogP contribution in [-0.4, -0.2) is 24.3 Å². The number of hydrogen-bond acceptors (Lipinski definition) is 2. The molecule has 74 valence electrons. The van der Waals surface area contributed by atoms with E-state index < -0.39 is 11.4 Å². The van der Waals surface area contributed by atoms with Gasteiger partial charge in [0.1, 0.15) is 5.41 Å². The van der Waals surface area contributed by atoms with Gasteiger partial charge in [-0.1, -0.05) is 19.3 Å². The van der Waals surface area contributed by atoms with Crippen molar-refractivity contribution in [3.63, 3.8) is 0 Å². The second-order valence-corrected chi connectivity index (χ2v) is 4.29. The maximum absolute atomic E-state index is 11.1. The van der Waals surface area contributed by atoms with Crippen LogP contribution in [0, 0.1) is 11.3 Å². The predicted molar refractivity (Wildman–Crippen MR) is 47.5 cm³/mol. The van der Waals surface area contributed by atoms with E-state index in [1.807, 2.05) is 0 Å². The molecule has 1 saturated heterocycles. The summed E-state index contributed by atoms with van der Waals surface area (Å²) in [5.74, 6) is -0.279. The van der Waals surface area contributed by atoms with Gasteiger partial charge in [-0.05, 0) is 18.8 Å². The largest absolute Gasteiger partial charge is 0.481 e. The van der Waals surface area contributed by atoms with E-state index in [9.17, 15) is 4.79 Å². The summed E-state index contributed by atoms with van der Waals surface area (Å²) in [6, 6.07) is 0. The molecule has 13 heavy (non-hydrogen) atoms. The van der Waals surface area contributed by atoms with Crippen LogP contribution < -0.4 is 0 Å². The molecule has 1 heterocycles. The van der Waals surface area contributed by atoms with Crippen molar-refractivity contribution in [3.8, 4) is 0 Å². The smallest absolute Gasteiger partial charge is 0.314 e. The molecule has 0 aromatic heterocycles. The van der Waals surface area contributed by atoms with Gasteiger partial charge in [0.05, 0.1) is 13.2 Å². The number of ether oxygens (including phenoxy) is 1. The van der Waals surface area contributed by atoms with Crippen molar-refractivity contribution < 1.29 is 14.6 Å². The van der Waals surface area contributed by atoms with Crippen molar-refractivity contribution in [2.75, 3.05) is 13.2 Å². The Bertz CT molecular complexity index is 202. The molecule has 0 unspecified atom stereocenters. The molecule has 1 saturated carbocycles. The van der Waals surface area contributed by atoms with Gasteiger partial charge in [-0.2, -0.15) is 0 Å². The first-order chi connectivity index (χ1) is 6.26. The van der Waals surface area contributed by atoms with Crippen molar-refractivity contribution in [3.05, 3.63) is 0 Å². The Labute approximate surface area is 78.1 Å². The van der Waals surface area contributed by atoms with E-state index in [1.165, 1.54) is 19.3 Å². The Morgan fingerprint density at radius 3 is 2.23 bits per heavy atom. The summed E-state index contributed by atoms with van der Waals surface area (Å²) in [5, 5.41) is 9.16. The van der Waals surface area contributed by atoms with Gasteiger partial charge in [-0.25, -0.2) is 0 Å². The van der Waals surface area contributed by atoms with Crippen molar-refractivity contribution in [1.29, 1.82) is 0 Å². The lowest BCUT2D eigenvalue weighted by Gasteiger charge is -2.45. The van der Waals surface area contributed by atoms with Crippen LogP contribution in [0.25, 0.3) is 0 Å². The molecule has 1 aliphatic carbocycles. The van der Waals surface area contributed by atoms with Gasteiger partial charge in [0.15, 0.2) is 0 Å². The van der Waals surface area contributed by atoms with Gasteiger partial charge < -0.3 is 9.84 Å². The normalized spacial score (nSPS) is 28.0. The molecule has 0 radical (unpaired) electrons. The number of carboxylic acid groups (broad SMARTS) is 1. The van der Waals surface area contributed by atoms with Crippen molar-refractivity contribution in [1.82, 2.24) is 0 Å². The number of aliphatic carboxylic acids is 1. The molecule has 0 spiro atoms. The third-order valence-electron chi connectivity index (χ3n) is 3.53. The molecular formula is C10H16O3. The SMILES string of the molecule is O=C(O)C1(C2CCCCC2)COC1. The number of rotatable bonds is 2. The molecule has 1 N–H and O–H groups in total. The summed E-state index contributed by atoms with van der Waals surface area (Å²) >= 11 is 0. The van der Waals surface area contributed by atoms with Crippen LogP contribution in [0.15, 0.2) is 0 Å². The van der Waals surface area contributed by atoms with E-state index in [0.29, 0.717) is 19.1 Å². The minimum Gasteiger partial charge on any atom is -0.481 e. The summed E-state index contributed by atoms with van der Waals surface area (Å²) in [5.41, 5.74) is -0.513. The minimum atomic E-state index is -0.648. The van der Waals surface area contributed by atoms with Gasteiger partial charge in [0, 0.05) is 0 Å². The zero-order chi connectivity index (χ0) is 9.31. The summed E-state index contributed by atoms with van der Waals surface area (Å²) in [6.07, 6.45) is 5.82. The monoisotopic (exact) mass is 184 g/mol. The lowest BCUT2D eigenvalue weighted by molar-refractivity contribution is -0.194. The number of hydrogen-bond donors (Lipinski definition) is 1. The molecular weight excluding hydrogens is 168 g/mol. The fraction of sp³-hybridized carbons (Fsp3) is 0.900. The van der Waals surface area contributed by atoms with Crippen LogP contribution in [0.1, 0.15) is 32.1 Å². The van der Waals surface area contributed by atoms with Crippen LogP contribution in [0.3, 0.4) is 0 Å². The van der Waals surface area contributed by atoms with E-state index in [1.54, 1.807) is 0 Å². The van der Waals surface area contributed by atoms with Crippen LogP contribution >= 0.6 is 0 Å². The van der Waals surface area contributed by atoms with E-state index in [-0.39, 0.29) is 0 Å². The van der Waals surface area contributed by atoms with Crippen LogP contribution in [0.5, 0.6) is 0 Å². The third-order valence-corrected chi connectivity index (χ3v) is 3.53. The Morgan fingerprint density at radius 1 is 1.23 bits per heavy atom. The second-order valence-electron chi connectivity index (χ2n) is 4.29. The van der Waals surface area contributed by atoms with Crippen LogP contribution in [0.4, 0.5) is 0 Å². The van der Waals surface area contributed by atoms with Gasteiger partial charge in [0.25, 0.3) is 0 Å². The fourth-order valence-corrected chi connectivity index (χ4v) is 2.51. The van der Waals surface area contributed by atoms with Gasteiger partial charge in [0.2, 0.25) is 0 Å². The lowest BCUT2D eigenvalue weighted by atomic mass is 9.67. The Hall–Kier alpha value is -0.570. The Morgan fingerprint density at radius 2 is 1.85 bits per heavy atom. The van der Waals surface area contributed by atoms with Gasteiger partial charge in [-0.15, -0.1) is 0 Å². The Kier molecular flexibility index (Phi) is 2.28. The number of carbonyl (C=O) groups is 1. The standard InChI is InChI=1S/C10H16O3/c11-9(12)10(6-13-7-10)8-4-2-1-3-5-8/h8H,1-7H2,(H,11,12). The highest BCUT2D eigenvalue weighted by atomic mass is 16.5. The molecule has 1 aliphatic heterocycles. The molecule has 2 rings (SSSR count). The average molecular weight is 184 g/mol. The molecule has 3 heteroatoms. The number of carboxylic acids is 1. The van der Waals surface area contributed by atoms with Crippen LogP contribution in [-0.2, 0) is 9.53 Å². The molecule has 3 nitrogen and oxygen atoms in total. The second kappa shape index (κ2) is 3.29. The topological polar surface area (TPSA) is 46.5 Å². The zero-order valence-corrected chi connectivity index (χ0v) is 7.79. The Balaban J connectivity index is 2.06. The molecule has 0 atom stereocenters.